The minimum absolute atomic E-state index is 0.234. The Hall–Kier alpha value is -2.74. The highest BCUT2D eigenvalue weighted by atomic mass is 19.1. The normalized spacial score (nSPS) is 17.8. The topological polar surface area (TPSA) is 61.0 Å². The van der Waals surface area contributed by atoms with Gasteiger partial charge >= 0.3 is 0 Å². The first-order valence-electron chi connectivity index (χ1n) is 9.52. The zero-order chi connectivity index (χ0) is 19.5. The molecule has 0 spiro atoms. The molecule has 4 rings (SSSR count). The number of benzene rings is 1. The highest BCUT2D eigenvalue weighted by Crippen LogP contribution is 2.29. The molecule has 0 N–H and O–H groups in total. The van der Waals surface area contributed by atoms with E-state index in [1.165, 1.54) is 6.07 Å². The molecule has 1 aliphatic heterocycles. The molecule has 1 atom stereocenters. The van der Waals surface area contributed by atoms with Gasteiger partial charge in [0, 0.05) is 44.0 Å². The Bertz CT molecular complexity index is 923. The van der Waals surface area contributed by atoms with E-state index in [0.717, 1.165) is 48.9 Å². The van der Waals surface area contributed by atoms with Gasteiger partial charge < -0.3 is 13.9 Å². The largest absolute Gasteiger partial charge is 0.496 e. The number of hydrogen-bond donors (Lipinski definition) is 0. The summed E-state index contributed by atoms with van der Waals surface area (Å²) in [6.07, 6.45) is 7.61. The molecule has 7 nitrogen and oxygen atoms in total. The smallest absolute Gasteiger partial charge is 0.152 e. The summed E-state index contributed by atoms with van der Waals surface area (Å²) in [6, 6.07) is 4.69. The maximum Gasteiger partial charge on any atom is 0.152 e. The van der Waals surface area contributed by atoms with Crippen LogP contribution in [0.4, 0.5) is 4.39 Å². The molecule has 2 aromatic heterocycles. The van der Waals surface area contributed by atoms with Crippen molar-refractivity contribution in [3.05, 3.63) is 59.9 Å². The number of aromatic nitrogens is 5. The first-order valence-corrected chi connectivity index (χ1v) is 9.52. The van der Waals surface area contributed by atoms with Crippen molar-refractivity contribution >= 4 is 0 Å². The number of halogens is 1. The molecule has 1 aliphatic rings. The Labute approximate surface area is 163 Å². The van der Waals surface area contributed by atoms with Gasteiger partial charge in [0.25, 0.3) is 0 Å². The average Bonchev–Trinajstić information content (AvgIpc) is 3.33. The summed E-state index contributed by atoms with van der Waals surface area (Å²) >= 11 is 0. The van der Waals surface area contributed by atoms with Crippen LogP contribution in [0.2, 0.25) is 0 Å². The van der Waals surface area contributed by atoms with E-state index in [0.29, 0.717) is 19.0 Å². The number of rotatable bonds is 6. The van der Waals surface area contributed by atoms with Crippen LogP contribution in [0.5, 0.6) is 5.75 Å². The van der Waals surface area contributed by atoms with Crippen molar-refractivity contribution in [1.29, 1.82) is 0 Å². The third-order valence-corrected chi connectivity index (χ3v) is 5.39. The number of imidazole rings is 1. The lowest BCUT2D eigenvalue weighted by atomic mass is 9.96. The van der Waals surface area contributed by atoms with Crippen molar-refractivity contribution < 1.29 is 9.13 Å². The standard InChI is InChI=1S/C20H25FN6O/c1-25-19(13-27-9-7-22-14-27)23-24-20(25)15-4-3-8-26(11-15)12-16-10-17(21)5-6-18(16)28-2/h5-7,9-10,14-15H,3-4,8,11-13H2,1-2H3. The Kier molecular flexibility index (Phi) is 5.38. The van der Waals surface area contributed by atoms with Crippen molar-refractivity contribution in [3.8, 4) is 5.75 Å². The number of methoxy groups -OCH3 is 1. The highest BCUT2D eigenvalue weighted by Gasteiger charge is 2.26. The van der Waals surface area contributed by atoms with Crippen molar-refractivity contribution in [2.75, 3.05) is 20.2 Å². The molecular formula is C20H25FN6O. The molecular weight excluding hydrogens is 359 g/mol. The van der Waals surface area contributed by atoms with Crippen molar-refractivity contribution in [2.45, 2.75) is 31.8 Å². The Balaban J connectivity index is 1.47. The molecule has 3 heterocycles. The summed E-state index contributed by atoms with van der Waals surface area (Å²) in [7, 11) is 3.65. The quantitative estimate of drug-likeness (QED) is 0.654. The third kappa shape index (κ3) is 3.91. The Morgan fingerprint density at radius 1 is 1.25 bits per heavy atom. The summed E-state index contributed by atoms with van der Waals surface area (Å²) in [6.45, 7) is 3.17. The zero-order valence-electron chi connectivity index (χ0n) is 16.3. The minimum Gasteiger partial charge on any atom is -0.496 e. The lowest BCUT2D eigenvalue weighted by molar-refractivity contribution is 0.192. The SMILES string of the molecule is COc1ccc(F)cc1CN1CCCC(c2nnc(Cn3ccnc3)n2C)C1. The van der Waals surface area contributed by atoms with E-state index in [9.17, 15) is 4.39 Å². The second-order valence-corrected chi connectivity index (χ2v) is 7.30. The molecule has 1 fully saturated rings. The van der Waals surface area contributed by atoms with Gasteiger partial charge in [0.15, 0.2) is 5.82 Å². The number of hydrogen-bond acceptors (Lipinski definition) is 5. The van der Waals surface area contributed by atoms with Crippen LogP contribution < -0.4 is 4.74 Å². The van der Waals surface area contributed by atoms with Gasteiger partial charge in [0.1, 0.15) is 17.4 Å². The van der Waals surface area contributed by atoms with E-state index in [2.05, 4.69) is 24.6 Å². The maximum absolute atomic E-state index is 13.7. The van der Waals surface area contributed by atoms with Crippen LogP contribution in [0.1, 0.15) is 36.0 Å². The number of piperidine rings is 1. The predicted octanol–water partition coefficient (Wildman–Crippen LogP) is 2.59. The molecule has 0 radical (unpaired) electrons. The van der Waals surface area contributed by atoms with Crippen LogP contribution in [0.25, 0.3) is 0 Å². The van der Waals surface area contributed by atoms with Crippen LogP contribution >= 0.6 is 0 Å². The molecule has 0 saturated carbocycles. The fourth-order valence-corrected chi connectivity index (χ4v) is 3.93. The van der Waals surface area contributed by atoms with Gasteiger partial charge in [-0.1, -0.05) is 0 Å². The Morgan fingerprint density at radius 2 is 2.14 bits per heavy atom. The molecule has 148 valence electrons. The molecule has 3 aromatic rings. The van der Waals surface area contributed by atoms with Gasteiger partial charge in [-0.2, -0.15) is 0 Å². The Morgan fingerprint density at radius 3 is 2.93 bits per heavy atom. The van der Waals surface area contributed by atoms with E-state index >= 15 is 0 Å². The second kappa shape index (κ2) is 8.10. The number of likely N-dealkylation sites (tertiary alicyclic amines) is 1. The fourth-order valence-electron chi connectivity index (χ4n) is 3.93. The summed E-state index contributed by atoms with van der Waals surface area (Å²) in [5.41, 5.74) is 0.877. The van der Waals surface area contributed by atoms with Gasteiger partial charge in [-0.05, 0) is 37.6 Å². The minimum atomic E-state index is -0.234. The van der Waals surface area contributed by atoms with Crippen LogP contribution in [-0.2, 0) is 20.1 Å². The highest BCUT2D eigenvalue weighted by molar-refractivity contribution is 5.34. The maximum atomic E-state index is 13.7. The van der Waals surface area contributed by atoms with Crippen molar-refractivity contribution in [3.63, 3.8) is 0 Å². The molecule has 8 heteroatoms. The molecule has 28 heavy (non-hydrogen) atoms. The second-order valence-electron chi connectivity index (χ2n) is 7.30. The van der Waals surface area contributed by atoms with Gasteiger partial charge in [0.05, 0.1) is 20.0 Å². The van der Waals surface area contributed by atoms with Crippen LogP contribution in [0, 0.1) is 5.82 Å². The van der Waals surface area contributed by atoms with Gasteiger partial charge in [-0.15, -0.1) is 10.2 Å². The lowest BCUT2D eigenvalue weighted by Crippen LogP contribution is -2.35. The predicted molar refractivity (Wildman–Crippen MR) is 103 cm³/mol. The summed E-state index contributed by atoms with van der Waals surface area (Å²) in [5.74, 6) is 2.72. The summed E-state index contributed by atoms with van der Waals surface area (Å²) in [4.78, 5) is 6.42. The van der Waals surface area contributed by atoms with E-state index in [1.54, 1.807) is 31.8 Å². The molecule has 0 aliphatic carbocycles. The van der Waals surface area contributed by atoms with E-state index in [1.807, 2.05) is 17.8 Å². The van der Waals surface area contributed by atoms with E-state index in [-0.39, 0.29) is 5.82 Å². The molecule has 0 bridgehead atoms. The van der Waals surface area contributed by atoms with Gasteiger partial charge in [-0.3, -0.25) is 4.90 Å². The lowest BCUT2D eigenvalue weighted by Gasteiger charge is -2.32. The van der Waals surface area contributed by atoms with Gasteiger partial charge in [0.2, 0.25) is 0 Å². The van der Waals surface area contributed by atoms with E-state index in [4.69, 9.17) is 4.74 Å². The first-order chi connectivity index (χ1) is 13.6. The summed E-state index contributed by atoms with van der Waals surface area (Å²) in [5, 5.41) is 8.87. The van der Waals surface area contributed by atoms with Crippen LogP contribution in [-0.4, -0.2) is 49.4 Å². The summed E-state index contributed by atoms with van der Waals surface area (Å²) < 4.78 is 23.2. The molecule has 1 unspecified atom stereocenters. The third-order valence-electron chi connectivity index (χ3n) is 5.39. The average molecular weight is 384 g/mol. The monoisotopic (exact) mass is 384 g/mol. The molecule has 0 amide bonds. The number of ether oxygens (including phenoxy) is 1. The molecule has 1 saturated heterocycles. The molecule has 1 aromatic carbocycles. The van der Waals surface area contributed by atoms with Crippen LogP contribution in [0.15, 0.2) is 36.9 Å². The number of nitrogens with zero attached hydrogens (tertiary/aromatic N) is 6. The van der Waals surface area contributed by atoms with Crippen molar-refractivity contribution in [1.82, 2.24) is 29.2 Å². The van der Waals surface area contributed by atoms with Gasteiger partial charge in [-0.25, -0.2) is 9.37 Å². The zero-order valence-corrected chi connectivity index (χ0v) is 16.3. The van der Waals surface area contributed by atoms with Crippen LogP contribution in [0.3, 0.4) is 0 Å². The van der Waals surface area contributed by atoms with Crippen molar-refractivity contribution in [2.24, 2.45) is 7.05 Å². The van der Waals surface area contributed by atoms with E-state index < -0.39 is 0 Å². The fraction of sp³-hybridized carbons (Fsp3) is 0.450. The first kappa shape index (κ1) is 18.6.